The maximum absolute atomic E-state index is 7.32. The van der Waals surface area contributed by atoms with Gasteiger partial charge in [0.25, 0.3) is 0 Å². The number of hydrogen-bond donors (Lipinski definition) is 0. The van der Waals surface area contributed by atoms with E-state index in [1.165, 1.54) is 70.2 Å². The van der Waals surface area contributed by atoms with Crippen molar-refractivity contribution in [2.45, 2.75) is 5.41 Å². The predicted molar refractivity (Wildman–Crippen MR) is 242 cm³/mol. The molecule has 0 radical (unpaired) electrons. The molecule has 13 rings (SSSR count). The lowest BCUT2D eigenvalue weighted by Gasteiger charge is -2.32. The van der Waals surface area contributed by atoms with Crippen molar-refractivity contribution >= 4 is 48.6 Å². The molecule has 0 saturated carbocycles. The third kappa shape index (κ3) is 4.47. The van der Waals surface area contributed by atoms with Gasteiger partial charge in [-0.2, -0.15) is 0 Å². The predicted octanol–water partition coefficient (Wildman–Crippen LogP) is 15.4. The Hall–Kier alpha value is -7.40. The summed E-state index contributed by atoms with van der Waals surface area (Å²) in [5, 5.41) is 2.61. The zero-order valence-electron chi connectivity index (χ0n) is 31.7. The number of thiophene rings is 1. The van der Waals surface area contributed by atoms with E-state index in [1.807, 2.05) is 17.4 Å². The Balaban J connectivity index is 0.972. The van der Waals surface area contributed by atoms with E-state index in [4.69, 9.17) is 9.47 Å². The molecule has 0 N–H and O–H groups in total. The smallest absolute Gasteiger partial charge is 0.194 e. The summed E-state index contributed by atoms with van der Waals surface area (Å²) >= 11 is 1.85. The van der Waals surface area contributed by atoms with E-state index in [-0.39, 0.29) is 0 Å². The summed E-state index contributed by atoms with van der Waals surface area (Å²) in [6.07, 6.45) is 0. The van der Waals surface area contributed by atoms with E-state index in [9.17, 15) is 0 Å². The van der Waals surface area contributed by atoms with Crippen LogP contribution >= 0.6 is 11.3 Å². The fourth-order valence-electron chi connectivity index (χ4n) is 10.2. The number of rotatable bonds is 4. The maximum Gasteiger partial charge on any atom is 0.194 e. The van der Waals surface area contributed by atoms with Crippen LogP contribution in [0.5, 0.6) is 23.0 Å². The van der Waals surface area contributed by atoms with Crippen molar-refractivity contribution in [3.8, 4) is 56.4 Å². The van der Waals surface area contributed by atoms with Crippen molar-refractivity contribution in [2.75, 3.05) is 4.90 Å². The first-order valence-corrected chi connectivity index (χ1v) is 20.9. The van der Waals surface area contributed by atoms with E-state index >= 15 is 0 Å². The van der Waals surface area contributed by atoms with Crippen molar-refractivity contribution in [1.29, 1.82) is 0 Å². The van der Waals surface area contributed by atoms with E-state index in [0.717, 1.165) is 28.4 Å². The van der Waals surface area contributed by atoms with Crippen molar-refractivity contribution < 1.29 is 9.47 Å². The number of benzene rings is 9. The molecule has 3 nitrogen and oxygen atoms in total. The highest BCUT2D eigenvalue weighted by atomic mass is 32.1. The molecule has 0 amide bonds. The lowest BCUT2D eigenvalue weighted by atomic mass is 9.70. The summed E-state index contributed by atoms with van der Waals surface area (Å²) in [5.41, 5.74) is 14.8. The Morgan fingerprint density at radius 2 is 0.983 bits per heavy atom. The van der Waals surface area contributed by atoms with Gasteiger partial charge in [0.15, 0.2) is 23.0 Å². The number of ether oxygens (including phenoxy) is 2. The average molecular weight is 772 g/mol. The van der Waals surface area contributed by atoms with Gasteiger partial charge in [0.2, 0.25) is 0 Å². The van der Waals surface area contributed by atoms with Crippen LogP contribution in [0.2, 0.25) is 0 Å². The summed E-state index contributed by atoms with van der Waals surface area (Å²) in [6.45, 7) is 0. The summed E-state index contributed by atoms with van der Waals surface area (Å²) < 4.78 is 16.8. The number of para-hydroxylation sites is 2. The monoisotopic (exact) mass is 771 g/mol. The lowest BCUT2D eigenvalue weighted by Crippen LogP contribution is -2.25. The fraction of sp³-hybridized carbons (Fsp3) is 0.0182. The molecule has 59 heavy (non-hydrogen) atoms. The van der Waals surface area contributed by atoms with Gasteiger partial charge in [0.1, 0.15) is 0 Å². The third-order valence-electron chi connectivity index (χ3n) is 12.6. The molecule has 276 valence electrons. The van der Waals surface area contributed by atoms with Crippen molar-refractivity contribution in [2.24, 2.45) is 0 Å². The van der Waals surface area contributed by atoms with Gasteiger partial charge in [-0.1, -0.05) is 146 Å². The van der Waals surface area contributed by atoms with Crippen molar-refractivity contribution in [3.05, 3.63) is 222 Å². The summed E-state index contributed by atoms with van der Waals surface area (Å²) in [5.74, 6) is 2.82. The molecule has 0 bridgehead atoms. The van der Waals surface area contributed by atoms with Gasteiger partial charge < -0.3 is 14.4 Å². The standard InChI is InChI=1S/C55H33NO2S/c1-2-14-35(15-3-1)56(36-30-28-34(29-31-36)37-20-12-27-50-51(37)41-19-7-11-26-49(41)59-50)46-24-13-25-47-53(46)58-54-48(57-47)33-32-45-52(54)40-18-6-10-23-44(40)55(45)42-21-8-4-16-38(42)39-17-5-9-22-43(39)55/h1-33H. The first-order chi connectivity index (χ1) is 29.3. The summed E-state index contributed by atoms with van der Waals surface area (Å²) in [4.78, 5) is 2.28. The van der Waals surface area contributed by atoms with E-state index in [0.29, 0.717) is 17.2 Å². The molecule has 1 spiro atoms. The zero-order chi connectivity index (χ0) is 38.7. The molecular weight excluding hydrogens is 739 g/mol. The van der Waals surface area contributed by atoms with Crippen molar-refractivity contribution in [3.63, 3.8) is 0 Å². The van der Waals surface area contributed by atoms with E-state index in [2.05, 4.69) is 199 Å². The van der Waals surface area contributed by atoms with E-state index < -0.39 is 5.41 Å². The maximum atomic E-state index is 7.32. The topological polar surface area (TPSA) is 21.7 Å². The van der Waals surface area contributed by atoms with Gasteiger partial charge in [0.05, 0.1) is 11.1 Å². The molecule has 1 aliphatic heterocycles. The molecule has 9 aromatic carbocycles. The highest BCUT2D eigenvalue weighted by Crippen LogP contribution is 2.67. The highest BCUT2D eigenvalue weighted by molar-refractivity contribution is 7.25. The first kappa shape index (κ1) is 32.7. The second kappa shape index (κ2) is 12.3. The molecule has 4 heteroatoms. The van der Waals surface area contributed by atoms with Crippen LogP contribution in [0.3, 0.4) is 0 Å². The van der Waals surface area contributed by atoms with Crippen LogP contribution in [-0.4, -0.2) is 0 Å². The Morgan fingerprint density at radius 3 is 1.76 bits per heavy atom. The number of fused-ring (bicyclic) bond motifs is 16. The number of anilines is 3. The van der Waals surface area contributed by atoms with Crippen LogP contribution in [0.1, 0.15) is 22.3 Å². The Morgan fingerprint density at radius 1 is 0.390 bits per heavy atom. The first-order valence-electron chi connectivity index (χ1n) is 20.1. The average Bonchev–Trinajstić information content (AvgIpc) is 3.94. The molecule has 3 aliphatic rings. The molecule has 2 aliphatic carbocycles. The number of hydrogen-bond acceptors (Lipinski definition) is 4. The van der Waals surface area contributed by atoms with Crippen LogP contribution < -0.4 is 14.4 Å². The van der Waals surface area contributed by atoms with Gasteiger partial charge in [-0.25, -0.2) is 0 Å². The van der Waals surface area contributed by atoms with Crippen LogP contribution in [0.15, 0.2) is 200 Å². The van der Waals surface area contributed by atoms with Crippen LogP contribution in [0.4, 0.5) is 17.1 Å². The van der Waals surface area contributed by atoms with Crippen LogP contribution in [0.25, 0.3) is 53.6 Å². The SMILES string of the molecule is c1ccc(N(c2ccc(-c3cccc4sc5ccccc5c34)cc2)c2cccc3c2Oc2c(ccc4c2-c2ccccc2C42c4ccccc4-c4ccccc42)O3)cc1. The molecule has 0 saturated heterocycles. The molecule has 0 unspecified atom stereocenters. The molecule has 0 fully saturated rings. The lowest BCUT2D eigenvalue weighted by molar-refractivity contribution is 0.361. The zero-order valence-corrected chi connectivity index (χ0v) is 32.5. The van der Waals surface area contributed by atoms with Crippen LogP contribution in [0, 0.1) is 0 Å². The minimum atomic E-state index is -0.477. The molecular formula is C55H33NO2S. The van der Waals surface area contributed by atoms with Gasteiger partial charge in [-0.15, -0.1) is 11.3 Å². The molecule has 10 aromatic rings. The largest absolute Gasteiger partial charge is 0.449 e. The Bertz CT molecular complexity index is 3300. The quantitative estimate of drug-likeness (QED) is 0.178. The Kier molecular flexibility index (Phi) is 6.81. The minimum Gasteiger partial charge on any atom is -0.449 e. The minimum absolute atomic E-state index is 0.477. The Labute approximate surface area is 345 Å². The highest BCUT2D eigenvalue weighted by Gasteiger charge is 2.53. The molecule has 1 aromatic heterocycles. The molecule has 2 heterocycles. The van der Waals surface area contributed by atoms with Gasteiger partial charge in [-0.3, -0.25) is 0 Å². The third-order valence-corrected chi connectivity index (χ3v) is 13.7. The molecule has 0 atom stereocenters. The van der Waals surface area contributed by atoms with Crippen molar-refractivity contribution in [1.82, 2.24) is 0 Å². The second-order valence-electron chi connectivity index (χ2n) is 15.5. The summed E-state index contributed by atoms with van der Waals surface area (Å²) in [6, 6.07) is 72.0. The van der Waals surface area contributed by atoms with Gasteiger partial charge in [-0.05, 0) is 105 Å². The van der Waals surface area contributed by atoms with Gasteiger partial charge >= 0.3 is 0 Å². The van der Waals surface area contributed by atoms with Crippen LogP contribution in [-0.2, 0) is 5.41 Å². The second-order valence-corrected chi connectivity index (χ2v) is 16.6. The summed E-state index contributed by atoms with van der Waals surface area (Å²) in [7, 11) is 0. The number of nitrogens with zero attached hydrogens (tertiary/aromatic N) is 1. The normalized spacial score (nSPS) is 13.5. The van der Waals surface area contributed by atoms with E-state index in [1.54, 1.807) is 0 Å². The fourth-order valence-corrected chi connectivity index (χ4v) is 11.3. The van der Waals surface area contributed by atoms with Gasteiger partial charge in [0, 0.05) is 37.1 Å².